The van der Waals surface area contributed by atoms with Gasteiger partial charge in [-0.2, -0.15) is 0 Å². The number of piperazine rings is 1. The second-order valence-electron chi connectivity index (χ2n) is 6.81. The van der Waals surface area contributed by atoms with Crippen LogP contribution in [0, 0.1) is 0 Å². The maximum atomic E-state index is 12.5. The molecule has 11 heteroatoms. The third-order valence-corrected chi connectivity index (χ3v) is 6.89. The Kier molecular flexibility index (Phi) is 7.25. The van der Waals surface area contributed by atoms with Crippen LogP contribution in [0.4, 0.5) is 0 Å². The standard InChI is InChI=1S/C18H24ClN3O6S/c1-12(17(24)22-9-7-21(8-10-22)13(2)23)28-18(25)14-5-6-15(19)16(11-14)29(26,27)20(3)4/h5-6,11-12H,7-10H2,1-4H3. The van der Waals surface area contributed by atoms with Gasteiger partial charge in [0.05, 0.1) is 10.6 Å². The Balaban J connectivity index is 2.08. The first-order valence-electron chi connectivity index (χ1n) is 8.92. The predicted molar refractivity (Wildman–Crippen MR) is 106 cm³/mol. The van der Waals surface area contributed by atoms with E-state index in [0.717, 1.165) is 10.4 Å². The molecule has 1 atom stereocenters. The Morgan fingerprint density at radius 2 is 1.66 bits per heavy atom. The van der Waals surface area contributed by atoms with Crippen LogP contribution >= 0.6 is 11.6 Å². The van der Waals surface area contributed by atoms with Gasteiger partial charge in [0, 0.05) is 47.2 Å². The Bertz CT molecular complexity index is 910. The second kappa shape index (κ2) is 9.10. The number of hydrogen-bond donors (Lipinski definition) is 0. The minimum absolute atomic E-state index is 0.0253. The molecule has 1 unspecified atom stereocenters. The molecule has 1 aliphatic heterocycles. The third kappa shape index (κ3) is 5.26. The summed E-state index contributed by atoms with van der Waals surface area (Å²) in [6.07, 6.45) is -1.06. The number of esters is 1. The molecule has 0 radical (unpaired) electrons. The fourth-order valence-electron chi connectivity index (χ4n) is 2.80. The van der Waals surface area contributed by atoms with Gasteiger partial charge in [-0.05, 0) is 25.1 Å². The van der Waals surface area contributed by atoms with Crippen LogP contribution in [-0.4, -0.2) is 86.7 Å². The zero-order valence-electron chi connectivity index (χ0n) is 16.7. The summed E-state index contributed by atoms with van der Waals surface area (Å²) in [5, 5.41) is -0.0253. The molecule has 0 aliphatic carbocycles. The molecule has 0 aromatic heterocycles. The zero-order chi connectivity index (χ0) is 21.9. The van der Waals surface area contributed by atoms with Crippen LogP contribution in [-0.2, 0) is 24.3 Å². The van der Waals surface area contributed by atoms with Gasteiger partial charge < -0.3 is 14.5 Å². The van der Waals surface area contributed by atoms with Crippen molar-refractivity contribution in [3.8, 4) is 0 Å². The Labute approximate surface area is 175 Å². The highest BCUT2D eigenvalue weighted by Gasteiger charge is 2.29. The van der Waals surface area contributed by atoms with Crippen molar-refractivity contribution in [2.75, 3.05) is 40.3 Å². The molecule has 0 spiro atoms. The van der Waals surface area contributed by atoms with E-state index in [1.54, 1.807) is 4.90 Å². The van der Waals surface area contributed by atoms with Gasteiger partial charge in [-0.3, -0.25) is 9.59 Å². The number of hydrogen-bond acceptors (Lipinski definition) is 6. The number of halogens is 1. The molecule has 29 heavy (non-hydrogen) atoms. The average Bonchev–Trinajstić information content (AvgIpc) is 2.67. The molecular formula is C18H24ClN3O6S. The molecule has 2 amide bonds. The van der Waals surface area contributed by atoms with E-state index in [2.05, 4.69) is 0 Å². The van der Waals surface area contributed by atoms with Crippen molar-refractivity contribution in [1.29, 1.82) is 0 Å². The van der Waals surface area contributed by atoms with E-state index >= 15 is 0 Å². The van der Waals surface area contributed by atoms with Crippen LogP contribution in [0.1, 0.15) is 24.2 Å². The zero-order valence-corrected chi connectivity index (χ0v) is 18.3. The van der Waals surface area contributed by atoms with Crippen LogP contribution in [0.3, 0.4) is 0 Å². The topological polar surface area (TPSA) is 104 Å². The highest BCUT2D eigenvalue weighted by molar-refractivity contribution is 7.89. The minimum Gasteiger partial charge on any atom is -0.449 e. The number of benzene rings is 1. The Hall–Kier alpha value is -2.17. The first kappa shape index (κ1) is 23.1. The molecule has 0 saturated carbocycles. The lowest BCUT2D eigenvalue weighted by Crippen LogP contribution is -2.52. The highest BCUT2D eigenvalue weighted by Crippen LogP contribution is 2.25. The molecule has 160 valence electrons. The summed E-state index contributed by atoms with van der Waals surface area (Å²) in [6, 6.07) is 3.76. The summed E-state index contributed by atoms with van der Waals surface area (Å²) in [4.78, 5) is 39.3. The van der Waals surface area contributed by atoms with Gasteiger partial charge in [-0.25, -0.2) is 17.5 Å². The molecule has 1 aliphatic rings. The molecule has 1 aromatic carbocycles. The fourth-order valence-corrected chi connectivity index (χ4v) is 4.20. The molecule has 1 fully saturated rings. The highest BCUT2D eigenvalue weighted by atomic mass is 35.5. The van der Waals surface area contributed by atoms with Crippen molar-refractivity contribution >= 4 is 39.4 Å². The normalized spacial score (nSPS) is 15.9. The monoisotopic (exact) mass is 445 g/mol. The predicted octanol–water partition coefficient (Wildman–Crippen LogP) is 0.826. The van der Waals surface area contributed by atoms with Gasteiger partial charge in [-0.15, -0.1) is 0 Å². The summed E-state index contributed by atoms with van der Waals surface area (Å²) in [5.41, 5.74) is -0.0316. The van der Waals surface area contributed by atoms with Crippen LogP contribution in [0.2, 0.25) is 5.02 Å². The number of sulfonamides is 1. The van der Waals surface area contributed by atoms with Crippen molar-refractivity contribution in [1.82, 2.24) is 14.1 Å². The Morgan fingerprint density at radius 3 is 2.17 bits per heavy atom. The van der Waals surface area contributed by atoms with Crippen LogP contribution in [0.15, 0.2) is 23.1 Å². The SMILES string of the molecule is CC(=O)N1CCN(C(=O)C(C)OC(=O)c2ccc(Cl)c(S(=O)(=O)N(C)C)c2)CC1. The van der Waals surface area contributed by atoms with Gasteiger partial charge >= 0.3 is 5.97 Å². The molecule has 9 nitrogen and oxygen atoms in total. The van der Waals surface area contributed by atoms with Crippen molar-refractivity contribution in [3.05, 3.63) is 28.8 Å². The van der Waals surface area contributed by atoms with E-state index < -0.39 is 22.1 Å². The van der Waals surface area contributed by atoms with E-state index in [1.807, 2.05) is 0 Å². The molecule has 1 aromatic rings. The van der Waals surface area contributed by atoms with Crippen molar-refractivity contribution in [3.63, 3.8) is 0 Å². The van der Waals surface area contributed by atoms with E-state index in [9.17, 15) is 22.8 Å². The summed E-state index contributed by atoms with van der Waals surface area (Å²) in [7, 11) is -1.15. The van der Waals surface area contributed by atoms with Crippen molar-refractivity contribution in [2.45, 2.75) is 24.8 Å². The van der Waals surface area contributed by atoms with Crippen LogP contribution in [0.5, 0.6) is 0 Å². The van der Waals surface area contributed by atoms with Gasteiger partial charge in [0.25, 0.3) is 5.91 Å². The van der Waals surface area contributed by atoms with E-state index in [-0.39, 0.29) is 27.3 Å². The van der Waals surface area contributed by atoms with Gasteiger partial charge in [0.15, 0.2) is 6.10 Å². The van der Waals surface area contributed by atoms with Crippen molar-refractivity contribution < 1.29 is 27.5 Å². The van der Waals surface area contributed by atoms with Gasteiger partial charge in [-0.1, -0.05) is 11.6 Å². The van der Waals surface area contributed by atoms with Gasteiger partial charge in [0.1, 0.15) is 4.90 Å². The Morgan fingerprint density at radius 1 is 1.10 bits per heavy atom. The molecule has 1 saturated heterocycles. The second-order valence-corrected chi connectivity index (χ2v) is 9.34. The molecule has 1 heterocycles. The average molecular weight is 446 g/mol. The lowest BCUT2D eigenvalue weighted by molar-refractivity contribution is -0.144. The smallest absolute Gasteiger partial charge is 0.338 e. The summed E-state index contributed by atoms with van der Waals surface area (Å²) < 4.78 is 30.9. The maximum absolute atomic E-state index is 12.5. The number of carbonyl (C=O) groups is 3. The largest absolute Gasteiger partial charge is 0.449 e. The first-order chi connectivity index (χ1) is 13.4. The summed E-state index contributed by atoms with van der Waals surface area (Å²) in [5.74, 6) is -1.26. The lowest BCUT2D eigenvalue weighted by atomic mass is 10.2. The molecule has 2 rings (SSSR count). The number of ether oxygens (including phenoxy) is 1. The van der Waals surface area contributed by atoms with Crippen molar-refractivity contribution in [2.24, 2.45) is 0 Å². The van der Waals surface area contributed by atoms with E-state index in [0.29, 0.717) is 26.2 Å². The minimum atomic E-state index is -3.85. The summed E-state index contributed by atoms with van der Waals surface area (Å²) >= 11 is 5.97. The third-order valence-electron chi connectivity index (χ3n) is 4.59. The molecule has 0 N–H and O–H groups in total. The number of nitrogens with zero attached hydrogens (tertiary/aromatic N) is 3. The van der Waals surface area contributed by atoms with Gasteiger partial charge in [0.2, 0.25) is 15.9 Å². The summed E-state index contributed by atoms with van der Waals surface area (Å²) in [6.45, 7) is 4.47. The fraction of sp³-hybridized carbons (Fsp3) is 0.500. The quantitative estimate of drug-likeness (QED) is 0.621. The van der Waals surface area contributed by atoms with E-state index in [1.165, 1.54) is 45.0 Å². The van der Waals surface area contributed by atoms with E-state index in [4.69, 9.17) is 16.3 Å². The maximum Gasteiger partial charge on any atom is 0.338 e. The number of carbonyl (C=O) groups excluding carboxylic acids is 3. The molecule has 0 bridgehead atoms. The number of rotatable bonds is 5. The first-order valence-corrected chi connectivity index (χ1v) is 10.7. The van der Waals surface area contributed by atoms with Crippen LogP contribution in [0.25, 0.3) is 0 Å². The number of amides is 2. The lowest BCUT2D eigenvalue weighted by Gasteiger charge is -2.35. The van der Waals surface area contributed by atoms with Crippen LogP contribution < -0.4 is 0 Å². The molecular weight excluding hydrogens is 422 g/mol.